The van der Waals surface area contributed by atoms with Crippen molar-refractivity contribution in [3.05, 3.63) is 90.3 Å². The number of hydrogen-bond acceptors (Lipinski definition) is 5. The summed E-state index contributed by atoms with van der Waals surface area (Å²) in [5.41, 5.74) is 1.69. The van der Waals surface area contributed by atoms with Gasteiger partial charge in [-0.25, -0.2) is 4.79 Å². The van der Waals surface area contributed by atoms with Gasteiger partial charge in [-0.05, 0) is 54.8 Å². The van der Waals surface area contributed by atoms with Crippen molar-refractivity contribution in [3.8, 4) is 11.5 Å². The van der Waals surface area contributed by atoms with Crippen LogP contribution in [0, 0.1) is 5.92 Å². The number of likely N-dealkylation sites (tertiary alicyclic amines) is 1. The molecular weight excluding hydrogens is 418 g/mol. The van der Waals surface area contributed by atoms with Crippen LogP contribution in [0.1, 0.15) is 30.1 Å². The Labute approximate surface area is 193 Å². The standard InChI is InChI=1S/C26H27N3O4/c1-32-21-12-10-19(11-13-21)24(23-9-5-6-16-27-23)28-25(30)20-14-17-29(18-15-20)26(31)33-22-7-3-2-4-8-22/h2-13,16,20,24H,14-15,17-18H2,1H3,(H,28,30). The smallest absolute Gasteiger partial charge is 0.415 e. The monoisotopic (exact) mass is 445 g/mol. The van der Waals surface area contributed by atoms with Crippen molar-refractivity contribution in [2.45, 2.75) is 18.9 Å². The second kappa shape index (κ2) is 10.6. The summed E-state index contributed by atoms with van der Waals surface area (Å²) in [6.07, 6.45) is 2.49. The van der Waals surface area contributed by atoms with Gasteiger partial charge in [0, 0.05) is 25.2 Å². The zero-order chi connectivity index (χ0) is 23.0. The van der Waals surface area contributed by atoms with E-state index in [2.05, 4.69) is 10.3 Å². The number of amides is 2. The molecule has 2 heterocycles. The van der Waals surface area contributed by atoms with Crippen LogP contribution in [0.2, 0.25) is 0 Å². The normalized spacial score (nSPS) is 14.9. The molecule has 1 aliphatic heterocycles. The van der Waals surface area contributed by atoms with Gasteiger partial charge >= 0.3 is 6.09 Å². The zero-order valence-electron chi connectivity index (χ0n) is 18.5. The topological polar surface area (TPSA) is 80.8 Å². The maximum atomic E-state index is 13.1. The summed E-state index contributed by atoms with van der Waals surface area (Å²) in [5, 5.41) is 3.16. The molecule has 33 heavy (non-hydrogen) atoms. The Bertz CT molecular complexity index is 1050. The van der Waals surface area contributed by atoms with Gasteiger partial charge in [-0.3, -0.25) is 9.78 Å². The maximum Gasteiger partial charge on any atom is 0.415 e. The highest BCUT2D eigenvalue weighted by molar-refractivity contribution is 5.80. The molecule has 0 radical (unpaired) electrons. The number of carbonyl (C=O) groups is 2. The molecule has 0 aliphatic carbocycles. The van der Waals surface area contributed by atoms with Crippen molar-refractivity contribution < 1.29 is 19.1 Å². The molecule has 0 spiro atoms. The van der Waals surface area contributed by atoms with Crippen LogP contribution < -0.4 is 14.8 Å². The van der Waals surface area contributed by atoms with Crippen LogP contribution >= 0.6 is 0 Å². The van der Waals surface area contributed by atoms with E-state index in [4.69, 9.17) is 9.47 Å². The summed E-state index contributed by atoms with van der Waals surface area (Å²) in [6, 6.07) is 21.9. The van der Waals surface area contributed by atoms with Crippen molar-refractivity contribution >= 4 is 12.0 Å². The molecule has 0 bridgehead atoms. The van der Waals surface area contributed by atoms with Crippen LogP contribution in [0.25, 0.3) is 0 Å². The summed E-state index contributed by atoms with van der Waals surface area (Å²) in [4.78, 5) is 31.7. The molecular formula is C26H27N3O4. The second-order valence-electron chi connectivity index (χ2n) is 7.91. The van der Waals surface area contributed by atoms with E-state index in [-0.39, 0.29) is 24.0 Å². The first-order valence-corrected chi connectivity index (χ1v) is 11.0. The van der Waals surface area contributed by atoms with E-state index in [9.17, 15) is 9.59 Å². The highest BCUT2D eigenvalue weighted by atomic mass is 16.6. The number of methoxy groups -OCH3 is 1. The highest BCUT2D eigenvalue weighted by Crippen LogP contribution is 2.25. The largest absolute Gasteiger partial charge is 0.497 e. The minimum atomic E-state index is -0.385. The van der Waals surface area contributed by atoms with Crippen LogP contribution in [0.3, 0.4) is 0 Å². The van der Waals surface area contributed by atoms with Crippen molar-refractivity contribution in [1.29, 1.82) is 0 Å². The SMILES string of the molecule is COc1ccc(C(NC(=O)C2CCN(C(=O)Oc3ccccc3)CC2)c2ccccn2)cc1. The van der Waals surface area contributed by atoms with E-state index in [1.807, 2.05) is 60.7 Å². The van der Waals surface area contributed by atoms with Gasteiger partial charge in [-0.2, -0.15) is 0 Å². The van der Waals surface area contributed by atoms with Crippen molar-refractivity contribution in [2.75, 3.05) is 20.2 Å². The number of ether oxygens (including phenoxy) is 2. The fourth-order valence-electron chi connectivity index (χ4n) is 3.91. The third-order valence-electron chi connectivity index (χ3n) is 5.79. The Morgan fingerprint density at radius 2 is 1.64 bits per heavy atom. The lowest BCUT2D eigenvalue weighted by Gasteiger charge is -2.31. The number of nitrogens with one attached hydrogen (secondary N) is 1. The number of nitrogens with zero attached hydrogens (tertiary/aromatic N) is 2. The quantitative estimate of drug-likeness (QED) is 0.615. The highest BCUT2D eigenvalue weighted by Gasteiger charge is 2.30. The van der Waals surface area contributed by atoms with Crippen LogP contribution in [-0.4, -0.2) is 42.1 Å². The summed E-state index contributed by atoms with van der Waals surface area (Å²) in [5.74, 6) is 1.03. The first-order chi connectivity index (χ1) is 16.1. The molecule has 2 amide bonds. The van der Waals surface area contributed by atoms with Crippen molar-refractivity contribution in [2.24, 2.45) is 5.92 Å². The minimum absolute atomic E-state index is 0.0439. The van der Waals surface area contributed by atoms with Gasteiger partial charge in [0.1, 0.15) is 11.5 Å². The molecule has 7 nitrogen and oxygen atoms in total. The molecule has 1 atom stereocenters. The van der Waals surface area contributed by atoms with Gasteiger partial charge in [-0.15, -0.1) is 0 Å². The Kier molecular flexibility index (Phi) is 7.19. The molecule has 1 N–H and O–H groups in total. The summed E-state index contributed by atoms with van der Waals surface area (Å²) >= 11 is 0. The predicted octanol–water partition coefficient (Wildman–Crippen LogP) is 4.21. The average Bonchev–Trinajstić information content (AvgIpc) is 2.88. The molecule has 1 aromatic heterocycles. The fraction of sp³-hybridized carbons (Fsp3) is 0.269. The Morgan fingerprint density at radius 3 is 2.27 bits per heavy atom. The number of carbonyl (C=O) groups excluding carboxylic acids is 2. The number of aromatic nitrogens is 1. The van der Waals surface area contributed by atoms with Gasteiger partial charge < -0.3 is 19.7 Å². The van der Waals surface area contributed by atoms with Crippen LogP contribution in [0.5, 0.6) is 11.5 Å². The summed E-state index contributed by atoms with van der Waals surface area (Å²) in [7, 11) is 1.62. The molecule has 0 saturated carbocycles. The number of benzene rings is 2. The Hall–Kier alpha value is -3.87. The molecule has 1 fully saturated rings. The van der Waals surface area contributed by atoms with E-state index in [1.165, 1.54) is 0 Å². The summed E-state index contributed by atoms with van der Waals surface area (Å²) < 4.78 is 10.7. The van der Waals surface area contributed by atoms with Gasteiger partial charge in [0.05, 0.1) is 18.8 Å². The Balaban J connectivity index is 1.39. The molecule has 1 saturated heterocycles. The van der Waals surface area contributed by atoms with Gasteiger partial charge in [0.15, 0.2) is 0 Å². The van der Waals surface area contributed by atoms with Crippen molar-refractivity contribution in [3.63, 3.8) is 0 Å². The van der Waals surface area contributed by atoms with Gasteiger partial charge in [-0.1, -0.05) is 36.4 Å². The van der Waals surface area contributed by atoms with Gasteiger partial charge in [0.25, 0.3) is 0 Å². The molecule has 170 valence electrons. The lowest BCUT2D eigenvalue weighted by atomic mass is 9.94. The predicted molar refractivity (Wildman–Crippen MR) is 124 cm³/mol. The first kappa shape index (κ1) is 22.3. The molecule has 2 aromatic carbocycles. The van der Waals surface area contributed by atoms with E-state index in [0.717, 1.165) is 17.0 Å². The lowest BCUT2D eigenvalue weighted by molar-refractivity contribution is -0.126. The van der Waals surface area contributed by atoms with Gasteiger partial charge in [0.2, 0.25) is 5.91 Å². The van der Waals surface area contributed by atoms with Crippen LogP contribution in [0.15, 0.2) is 79.0 Å². The van der Waals surface area contributed by atoms with E-state index in [0.29, 0.717) is 31.7 Å². The second-order valence-corrected chi connectivity index (χ2v) is 7.91. The molecule has 4 rings (SSSR count). The third kappa shape index (κ3) is 5.68. The van der Waals surface area contributed by atoms with Crippen molar-refractivity contribution in [1.82, 2.24) is 15.2 Å². The number of rotatable bonds is 6. The lowest BCUT2D eigenvalue weighted by Crippen LogP contribution is -2.44. The summed E-state index contributed by atoms with van der Waals surface area (Å²) in [6.45, 7) is 0.946. The number of piperidine rings is 1. The van der Waals surface area contributed by atoms with E-state index >= 15 is 0 Å². The number of para-hydroxylation sites is 1. The van der Waals surface area contributed by atoms with E-state index < -0.39 is 0 Å². The number of hydrogen-bond donors (Lipinski definition) is 1. The van der Waals surface area contributed by atoms with Crippen LogP contribution in [0.4, 0.5) is 4.79 Å². The average molecular weight is 446 g/mol. The molecule has 7 heteroatoms. The van der Waals surface area contributed by atoms with Crippen LogP contribution in [-0.2, 0) is 4.79 Å². The number of pyridine rings is 1. The fourth-order valence-corrected chi connectivity index (χ4v) is 3.91. The maximum absolute atomic E-state index is 13.1. The zero-order valence-corrected chi connectivity index (χ0v) is 18.5. The Morgan fingerprint density at radius 1 is 0.939 bits per heavy atom. The van der Waals surface area contributed by atoms with E-state index in [1.54, 1.807) is 30.3 Å². The third-order valence-corrected chi connectivity index (χ3v) is 5.79. The molecule has 1 unspecified atom stereocenters. The first-order valence-electron chi connectivity index (χ1n) is 11.0. The molecule has 3 aromatic rings. The minimum Gasteiger partial charge on any atom is -0.497 e. The molecule has 1 aliphatic rings.